The van der Waals surface area contributed by atoms with Crippen molar-refractivity contribution in [2.24, 2.45) is 4.99 Å². The maximum absolute atomic E-state index is 12.2. The summed E-state index contributed by atoms with van der Waals surface area (Å²) in [5.41, 5.74) is 0.952. The number of hydrogen-bond acceptors (Lipinski definition) is 5. The molecule has 0 unspecified atom stereocenters. The lowest BCUT2D eigenvalue weighted by molar-refractivity contribution is 0.294. The summed E-state index contributed by atoms with van der Waals surface area (Å²) in [5.74, 6) is 1.46. The summed E-state index contributed by atoms with van der Waals surface area (Å²) in [6.07, 6.45) is 3.78. The van der Waals surface area contributed by atoms with E-state index < -0.39 is 14.6 Å². The molecule has 1 fully saturated rings. The van der Waals surface area contributed by atoms with Crippen LogP contribution in [0, 0.1) is 0 Å². The average molecular weight is 510 g/mol. The van der Waals surface area contributed by atoms with Crippen LogP contribution in [-0.2, 0) is 16.4 Å². The van der Waals surface area contributed by atoms with Gasteiger partial charge in [-0.1, -0.05) is 19.4 Å². The lowest BCUT2D eigenvalue weighted by Crippen LogP contribution is -2.57. The van der Waals surface area contributed by atoms with Gasteiger partial charge in [-0.15, -0.1) is 24.0 Å². The molecule has 1 aromatic heterocycles. The topological polar surface area (TPSA) is 83.9 Å². The minimum absolute atomic E-state index is 0. The van der Waals surface area contributed by atoms with E-state index in [1.807, 2.05) is 17.0 Å². The largest absolute Gasteiger partial charge is 0.477 e. The second-order valence-corrected chi connectivity index (χ2v) is 9.81. The zero-order valence-corrected chi connectivity index (χ0v) is 19.7. The number of sulfone groups is 1. The van der Waals surface area contributed by atoms with E-state index in [1.165, 1.54) is 0 Å². The Kier molecular flexibility index (Phi) is 9.26. The molecule has 1 N–H and O–H groups in total. The van der Waals surface area contributed by atoms with Crippen molar-refractivity contribution in [2.75, 3.05) is 32.5 Å². The van der Waals surface area contributed by atoms with Crippen LogP contribution in [0.2, 0.25) is 0 Å². The molecular formula is C18H31IN4O3S. The van der Waals surface area contributed by atoms with Crippen molar-refractivity contribution >= 4 is 39.8 Å². The lowest BCUT2D eigenvalue weighted by Gasteiger charge is -2.39. The van der Waals surface area contributed by atoms with Crippen molar-refractivity contribution in [3.8, 4) is 5.88 Å². The van der Waals surface area contributed by atoms with Crippen LogP contribution in [0.1, 0.15) is 39.2 Å². The van der Waals surface area contributed by atoms with E-state index in [-0.39, 0.29) is 29.7 Å². The molecular weight excluding hydrogens is 479 g/mol. The molecule has 9 heteroatoms. The Morgan fingerprint density at radius 2 is 2.19 bits per heavy atom. The van der Waals surface area contributed by atoms with Crippen LogP contribution in [-0.4, -0.2) is 61.5 Å². The first-order valence-electron chi connectivity index (χ1n) is 9.05. The monoisotopic (exact) mass is 510 g/mol. The molecule has 0 atom stereocenters. The lowest BCUT2D eigenvalue weighted by atomic mass is 10.2. The maximum atomic E-state index is 12.2. The first-order chi connectivity index (χ1) is 12.3. The van der Waals surface area contributed by atoms with Gasteiger partial charge in [0.2, 0.25) is 5.88 Å². The van der Waals surface area contributed by atoms with E-state index in [4.69, 9.17) is 4.74 Å². The molecule has 7 nitrogen and oxygen atoms in total. The van der Waals surface area contributed by atoms with Crippen LogP contribution in [0.5, 0.6) is 5.88 Å². The van der Waals surface area contributed by atoms with Crippen LogP contribution in [0.15, 0.2) is 23.3 Å². The van der Waals surface area contributed by atoms with Crippen molar-refractivity contribution < 1.29 is 13.2 Å². The van der Waals surface area contributed by atoms with Gasteiger partial charge >= 0.3 is 0 Å². The molecule has 154 valence electrons. The van der Waals surface area contributed by atoms with E-state index in [0.29, 0.717) is 38.1 Å². The minimum Gasteiger partial charge on any atom is -0.477 e. The zero-order valence-electron chi connectivity index (χ0n) is 16.6. The van der Waals surface area contributed by atoms with Crippen molar-refractivity contribution in [1.82, 2.24) is 15.2 Å². The number of rotatable bonds is 6. The van der Waals surface area contributed by atoms with Gasteiger partial charge in [0, 0.05) is 38.4 Å². The standard InChI is InChI=1S/C18H30N4O3S.HI/c1-5-6-11-25-16-15(8-7-9-20-16)13-21-17(19-4)22-10-12-26(23,24)18(2,3)14-22;/h7-9H,5-6,10-14H2,1-4H3,(H,19,21);1H. The first kappa shape index (κ1) is 23.9. The molecule has 2 heterocycles. The Morgan fingerprint density at radius 3 is 2.81 bits per heavy atom. The third-order valence-corrected chi connectivity index (χ3v) is 7.11. The smallest absolute Gasteiger partial charge is 0.218 e. The van der Waals surface area contributed by atoms with Gasteiger partial charge in [-0.05, 0) is 26.3 Å². The number of unbranched alkanes of at least 4 members (excludes halogenated alkanes) is 1. The Morgan fingerprint density at radius 1 is 1.44 bits per heavy atom. The van der Waals surface area contributed by atoms with Gasteiger partial charge < -0.3 is 15.0 Å². The number of aromatic nitrogens is 1. The average Bonchev–Trinajstić information content (AvgIpc) is 2.60. The molecule has 0 spiro atoms. The van der Waals surface area contributed by atoms with Crippen LogP contribution in [0.4, 0.5) is 0 Å². The molecule has 2 rings (SSSR count). The number of aliphatic imine (C=N–C) groups is 1. The summed E-state index contributed by atoms with van der Waals surface area (Å²) in [4.78, 5) is 10.6. The molecule has 0 radical (unpaired) electrons. The van der Waals surface area contributed by atoms with Crippen LogP contribution in [0.25, 0.3) is 0 Å². The number of hydrogen-bond donors (Lipinski definition) is 1. The Bertz CT molecular complexity index is 738. The minimum atomic E-state index is -3.08. The highest BCUT2D eigenvalue weighted by molar-refractivity contribution is 14.0. The second-order valence-electron chi connectivity index (χ2n) is 7.07. The van der Waals surface area contributed by atoms with Crippen LogP contribution in [0.3, 0.4) is 0 Å². The van der Waals surface area contributed by atoms with Crippen LogP contribution < -0.4 is 10.1 Å². The van der Waals surface area contributed by atoms with Crippen molar-refractivity contribution in [1.29, 1.82) is 0 Å². The quantitative estimate of drug-likeness (QED) is 0.274. The normalized spacial score (nSPS) is 18.5. The van der Waals surface area contributed by atoms with Gasteiger partial charge in [0.25, 0.3) is 0 Å². The number of guanidine groups is 1. The highest BCUT2D eigenvalue weighted by Gasteiger charge is 2.40. The zero-order chi connectivity index (χ0) is 19.2. The third-order valence-electron chi connectivity index (χ3n) is 4.58. The summed E-state index contributed by atoms with van der Waals surface area (Å²) in [5, 5.41) is 3.31. The molecule has 0 bridgehead atoms. The van der Waals surface area contributed by atoms with Gasteiger partial charge in [-0.3, -0.25) is 4.99 Å². The molecule has 1 saturated heterocycles. The molecule has 0 amide bonds. The Balaban J connectivity index is 0.00000364. The summed E-state index contributed by atoms with van der Waals surface area (Å²) in [6.45, 7) is 7.68. The second kappa shape index (κ2) is 10.4. The van der Waals surface area contributed by atoms with Crippen molar-refractivity contribution in [3.63, 3.8) is 0 Å². The van der Waals surface area contributed by atoms with Crippen LogP contribution >= 0.6 is 24.0 Å². The Hall–Kier alpha value is -1.10. The number of ether oxygens (including phenoxy) is 1. The summed E-state index contributed by atoms with van der Waals surface area (Å²) >= 11 is 0. The highest BCUT2D eigenvalue weighted by atomic mass is 127. The molecule has 1 aliphatic rings. The SMILES string of the molecule is CCCCOc1ncccc1CNC(=NC)N1CCS(=O)(=O)C(C)(C)C1.I. The fourth-order valence-corrected chi connectivity index (χ4v) is 4.20. The fraction of sp³-hybridized carbons (Fsp3) is 0.667. The number of nitrogens with zero attached hydrogens (tertiary/aromatic N) is 3. The van der Waals surface area contributed by atoms with Gasteiger partial charge in [-0.25, -0.2) is 13.4 Å². The summed E-state index contributed by atoms with van der Waals surface area (Å²) in [7, 11) is -1.37. The van der Waals surface area contributed by atoms with E-state index in [0.717, 1.165) is 18.4 Å². The molecule has 0 aliphatic carbocycles. The first-order valence-corrected chi connectivity index (χ1v) is 10.7. The molecule has 1 aromatic rings. The number of halogens is 1. The molecule has 1 aliphatic heterocycles. The van der Waals surface area contributed by atoms with Gasteiger partial charge in [0.05, 0.1) is 17.1 Å². The predicted octanol–water partition coefficient (Wildman–Crippen LogP) is 2.46. The van der Waals surface area contributed by atoms with E-state index in [9.17, 15) is 8.42 Å². The molecule has 0 saturated carbocycles. The summed E-state index contributed by atoms with van der Waals surface area (Å²) in [6, 6.07) is 3.85. The van der Waals surface area contributed by atoms with Gasteiger partial charge in [0.1, 0.15) is 0 Å². The Labute approximate surface area is 179 Å². The third kappa shape index (κ3) is 6.20. The summed E-state index contributed by atoms with van der Waals surface area (Å²) < 4.78 is 29.4. The van der Waals surface area contributed by atoms with Crippen molar-refractivity contribution in [2.45, 2.75) is 44.9 Å². The van der Waals surface area contributed by atoms with Gasteiger partial charge in [-0.2, -0.15) is 0 Å². The van der Waals surface area contributed by atoms with Gasteiger partial charge in [0.15, 0.2) is 15.8 Å². The fourth-order valence-electron chi connectivity index (χ4n) is 2.83. The molecule has 27 heavy (non-hydrogen) atoms. The van der Waals surface area contributed by atoms with Crippen molar-refractivity contribution in [3.05, 3.63) is 23.9 Å². The van der Waals surface area contributed by atoms with E-state index in [1.54, 1.807) is 27.1 Å². The highest BCUT2D eigenvalue weighted by Crippen LogP contribution is 2.24. The number of pyridine rings is 1. The number of nitrogens with one attached hydrogen (secondary N) is 1. The van der Waals surface area contributed by atoms with E-state index >= 15 is 0 Å². The maximum Gasteiger partial charge on any atom is 0.218 e. The molecule has 0 aromatic carbocycles. The predicted molar refractivity (Wildman–Crippen MR) is 120 cm³/mol. The van der Waals surface area contributed by atoms with E-state index in [2.05, 4.69) is 22.2 Å².